The Bertz CT molecular complexity index is 760. The van der Waals surface area contributed by atoms with Crippen LogP contribution in [0.15, 0.2) is 12.1 Å². The highest BCUT2D eigenvalue weighted by Gasteiger charge is 2.38. The highest BCUT2D eigenvalue weighted by atomic mass is 16.6. The van der Waals surface area contributed by atoms with Gasteiger partial charge in [-0.1, -0.05) is 0 Å². The first kappa shape index (κ1) is 23.2. The molecule has 0 saturated heterocycles. The van der Waals surface area contributed by atoms with Crippen LogP contribution in [0.3, 0.4) is 0 Å². The van der Waals surface area contributed by atoms with Gasteiger partial charge in [-0.3, -0.25) is 24.5 Å². The number of nitrogens with zero attached hydrogens (tertiary/aromatic N) is 2. The number of Topliss-reactive ketones (excluding diaryl/α,β-unsaturated/α-hetero) is 1. The van der Waals surface area contributed by atoms with Gasteiger partial charge in [0.2, 0.25) is 0 Å². The zero-order chi connectivity index (χ0) is 21.9. The average molecular weight is 394 g/mol. The van der Waals surface area contributed by atoms with Crippen LogP contribution in [-0.4, -0.2) is 38.8 Å². The van der Waals surface area contributed by atoms with E-state index in [4.69, 9.17) is 9.47 Å². The molecule has 28 heavy (non-hydrogen) atoms. The van der Waals surface area contributed by atoms with Crippen LogP contribution in [-0.2, 0) is 30.3 Å². The number of ketones is 1. The van der Waals surface area contributed by atoms with E-state index in [-0.39, 0.29) is 29.3 Å². The van der Waals surface area contributed by atoms with Crippen LogP contribution in [0.5, 0.6) is 0 Å². The number of carbonyl (C=O) groups is 3. The molecule has 0 amide bonds. The second-order valence-electron chi connectivity index (χ2n) is 8.34. The molecule has 0 atom stereocenters. The van der Waals surface area contributed by atoms with Crippen LogP contribution in [0.1, 0.15) is 65.8 Å². The van der Waals surface area contributed by atoms with E-state index in [1.165, 1.54) is 13.0 Å². The molecule has 0 saturated carbocycles. The monoisotopic (exact) mass is 394 g/mol. The minimum atomic E-state index is -1.54. The number of carbonyl (C=O) groups excluding carboxylic acids is 3. The van der Waals surface area contributed by atoms with Gasteiger partial charge in [-0.25, -0.2) is 4.98 Å². The number of esters is 2. The van der Waals surface area contributed by atoms with Gasteiger partial charge in [0.15, 0.2) is 5.92 Å². The second kappa shape index (κ2) is 8.45. The van der Waals surface area contributed by atoms with Crippen molar-refractivity contribution < 1.29 is 28.8 Å². The average Bonchev–Trinajstić information content (AvgIpc) is 2.42. The van der Waals surface area contributed by atoms with Gasteiger partial charge in [-0.2, -0.15) is 0 Å². The number of hydrogen-bond acceptors (Lipinski definition) is 8. The summed E-state index contributed by atoms with van der Waals surface area (Å²) < 4.78 is 10.6. The van der Waals surface area contributed by atoms with E-state index < -0.39 is 34.0 Å². The molecule has 9 heteroatoms. The maximum atomic E-state index is 12.7. The van der Waals surface area contributed by atoms with E-state index in [2.05, 4.69) is 4.98 Å². The van der Waals surface area contributed by atoms with Crippen molar-refractivity contribution in [2.75, 3.05) is 0 Å². The van der Waals surface area contributed by atoms with E-state index >= 15 is 0 Å². The van der Waals surface area contributed by atoms with Gasteiger partial charge >= 0.3 is 11.9 Å². The summed E-state index contributed by atoms with van der Waals surface area (Å²) >= 11 is 0. The SMILES string of the molecule is CC(=O)Cc1nc(C(C(=O)OC(C)(C)C)C(=O)OC(C)(C)C)ccc1[N+](=O)[O-]. The fourth-order valence-electron chi connectivity index (χ4n) is 2.26. The summed E-state index contributed by atoms with van der Waals surface area (Å²) in [4.78, 5) is 51.4. The van der Waals surface area contributed by atoms with Gasteiger partial charge < -0.3 is 9.47 Å². The van der Waals surface area contributed by atoms with E-state index in [0.29, 0.717) is 0 Å². The fourth-order valence-corrected chi connectivity index (χ4v) is 2.26. The number of ether oxygens (including phenoxy) is 2. The first-order chi connectivity index (χ1) is 12.6. The molecule has 1 heterocycles. The molecule has 0 N–H and O–H groups in total. The van der Waals surface area contributed by atoms with Crippen molar-refractivity contribution in [1.82, 2.24) is 4.98 Å². The lowest BCUT2D eigenvalue weighted by molar-refractivity contribution is -0.385. The summed E-state index contributed by atoms with van der Waals surface area (Å²) in [7, 11) is 0. The number of hydrogen-bond donors (Lipinski definition) is 0. The van der Waals surface area contributed by atoms with Gasteiger partial charge in [0.25, 0.3) is 5.69 Å². The highest BCUT2D eigenvalue weighted by molar-refractivity contribution is 6.00. The van der Waals surface area contributed by atoms with Crippen molar-refractivity contribution >= 4 is 23.4 Å². The topological polar surface area (TPSA) is 126 Å². The molecule has 1 aromatic heterocycles. The number of rotatable bonds is 6. The lowest BCUT2D eigenvalue weighted by atomic mass is 10.0. The quantitative estimate of drug-likeness (QED) is 0.312. The third-order valence-corrected chi connectivity index (χ3v) is 3.17. The van der Waals surface area contributed by atoms with Crippen molar-refractivity contribution in [3.8, 4) is 0 Å². The zero-order valence-corrected chi connectivity index (χ0v) is 17.2. The summed E-state index contributed by atoms with van der Waals surface area (Å²) in [5.74, 6) is -3.67. The molecule has 0 aliphatic rings. The van der Waals surface area contributed by atoms with E-state index in [0.717, 1.165) is 6.07 Å². The van der Waals surface area contributed by atoms with Gasteiger partial charge in [0, 0.05) is 6.07 Å². The Morgan fingerprint density at radius 1 is 1.04 bits per heavy atom. The molecule has 1 aromatic rings. The third-order valence-electron chi connectivity index (χ3n) is 3.17. The molecule has 0 aliphatic carbocycles. The molecule has 1 rings (SSSR count). The Morgan fingerprint density at radius 3 is 1.86 bits per heavy atom. The molecule has 0 aromatic carbocycles. The molecule has 0 aliphatic heterocycles. The summed E-state index contributed by atoms with van der Waals surface area (Å²) in [6.07, 6.45) is -0.306. The van der Waals surface area contributed by atoms with Crippen LogP contribution in [0.2, 0.25) is 0 Å². The Morgan fingerprint density at radius 2 is 1.50 bits per heavy atom. The Hall–Kier alpha value is -2.84. The molecular weight excluding hydrogens is 368 g/mol. The molecule has 0 bridgehead atoms. The van der Waals surface area contributed by atoms with Gasteiger partial charge in [0.05, 0.1) is 17.0 Å². The van der Waals surface area contributed by atoms with Crippen LogP contribution in [0.25, 0.3) is 0 Å². The van der Waals surface area contributed by atoms with Gasteiger partial charge in [-0.05, 0) is 54.5 Å². The minimum absolute atomic E-state index is 0.0784. The second-order valence-corrected chi connectivity index (χ2v) is 8.34. The maximum absolute atomic E-state index is 12.7. The normalized spacial score (nSPS) is 11.9. The van der Waals surface area contributed by atoms with E-state index in [1.807, 2.05) is 0 Å². The standard InChI is InChI=1S/C19H26N2O7/c1-11(22)10-13-14(21(25)26)9-8-12(20-13)15(16(23)27-18(2,3)4)17(24)28-19(5,6)7/h8-9,15H,10H2,1-7H3. The molecule has 9 nitrogen and oxygen atoms in total. The van der Waals surface area contributed by atoms with E-state index in [1.54, 1.807) is 41.5 Å². The minimum Gasteiger partial charge on any atom is -0.459 e. The molecule has 0 unspecified atom stereocenters. The smallest absolute Gasteiger partial charge is 0.327 e. The lowest BCUT2D eigenvalue weighted by Crippen LogP contribution is -2.36. The Balaban J connectivity index is 3.47. The first-order valence-corrected chi connectivity index (χ1v) is 8.70. The van der Waals surface area contributed by atoms with Crippen molar-refractivity contribution in [3.63, 3.8) is 0 Å². The first-order valence-electron chi connectivity index (χ1n) is 8.70. The molecule has 154 valence electrons. The number of pyridine rings is 1. The highest BCUT2D eigenvalue weighted by Crippen LogP contribution is 2.27. The van der Waals surface area contributed by atoms with Gasteiger partial charge in [-0.15, -0.1) is 0 Å². The zero-order valence-electron chi connectivity index (χ0n) is 17.2. The van der Waals surface area contributed by atoms with Crippen molar-refractivity contribution in [2.24, 2.45) is 0 Å². The van der Waals surface area contributed by atoms with Gasteiger partial charge in [0.1, 0.15) is 22.7 Å². The number of aromatic nitrogens is 1. The Labute approximate surface area is 163 Å². The number of nitro groups is 1. The van der Waals surface area contributed by atoms with Crippen LogP contribution in [0.4, 0.5) is 5.69 Å². The fraction of sp³-hybridized carbons (Fsp3) is 0.579. The van der Waals surface area contributed by atoms with Crippen molar-refractivity contribution in [3.05, 3.63) is 33.6 Å². The summed E-state index contributed by atoms with van der Waals surface area (Å²) in [5.41, 5.74) is -2.33. The molecule has 0 fully saturated rings. The largest absolute Gasteiger partial charge is 0.459 e. The maximum Gasteiger partial charge on any atom is 0.327 e. The lowest BCUT2D eigenvalue weighted by Gasteiger charge is -2.26. The van der Waals surface area contributed by atoms with Crippen LogP contribution >= 0.6 is 0 Å². The summed E-state index contributed by atoms with van der Waals surface area (Å²) in [6.45, 7) is 11.1. The predicted molar refractivity (Wildman–Crippen MR) is 99.7 cm³/mol. The summed E-state index contributed by atoms with van der Waals surface area (Å²) in [5, 5.41) is 11.2. The Kier molecular flexibility index (Phi) is 7.00. The van der Waals surface area contributed by atoms with Crippen LogP contribution in [0, 0.1) is 10.1 Å². The van der Waals surface area contributed by atoms with Crippen LogP contribution < -0.4 is 0 Å². The molecular formula is C19H26N2O7. The van der Waals surface area contributed by atoms with Crippen molar-refractivity contribution in [1.29, 1.82) is 0 Å². The predicted octanol–water partition coefficient (Wildman–Crippen LogP) is 2.89. The van der Waals surface area contributed by atoms with E-state index in [9.17, 15) is 24.5 Å². The third kappa shape index (κ3) is 7.05. The summed E-state index contributed by atoms with van der Waals surface area (Å²) in [6, 6.07) is 2.31. The van der Waals surface area contributed by atoms with Crippen molar-refractivity contribution in [2.45, 2.75) is 72.0 Å². The molecule has 0 radical (unpaired) electrons. The molecule has 0 spiro atoms.